The smallest absolute Gasteiger partial charge is 0.0650 e. The van der Waals surface area contributed by atoms with Crippen molar-refractivity contribution >= 4 is 0 Å². The van der Waals surface area contributed by atoms with Crippen LogP contribution in [0, 0.1) is 10.8 Å². The zero-order valence-electron chi connectivity index (χ0n) is 10.3. The highest BCUT2D eigenvalue weighted by Crippen LogP contribution is 2.31. The molecule has 88 valence electrons. The van der Waals surface area contributed by atoms with Crippen molar-refractivity contribution in [3.05, 3.63) is 25.3 Å². The van der Waals surface area contributed by atoms with Crippen LogP contribution in [0.15, 0.2) is 25.3 Å². The lowest BCUT2D eigenvalue weighted by Gasteiger charge is -2.33. The number of hydrogen-bond acceptors (Lipinski definition) is 2. The van der Waals surface area contributed by atoms with Crippen LogP contribution in [-0.2, 0) is 0 Å². The van der Waals surface area contributed by atoms with E-state index < -0.39 is 12.2 Å². The first-order valence-corrected chi connectivity index (χ1v) is 5.30. The molecule has 0 aromatic carbocycles. The summed E-state index contributed by atoms with van der Waals surface area (Å²) in [5.41, 5.74) is -0.754. The van der Waals surface area contributed by atoms with E-state index in [4.69, 9.17) is 0 Å². The van der Waals surface area contributed by atoms with Gasteiger partial charge in [-0.25, -0.2) is 0 Å². The molecule has 0 aromatic rings. The maximum absolute atomic E-state index is 9.94. The van der Waals surface area contributed by atoms with Crippen molar-refractivity contribution < 1.29 is 10.2 Å². The lowest BCUT2D eigenvalue weighted by molar-refractivity contribution is -0.00727. The van der Waals surface area contributed by atoms with Gasteiger partial charge < -0.3 is 10.2 Å². The Morgan fingerprint density at radius 3 is 1.40 bits per heavy atom. The van der Waals surface area contributed by atoms with Crippen molar-refractivity contribution in [2.24, 2.45) is 10.8 Å². The maximum atomic E-state index is 9.94. The predicted octanol–water partition coefficient (Wildman–Crippen LogP) is 2.52. The van der Waals surface area contributed by atoms with Crippen LogP contribution in [-0.4, -0.2) is 22.4 Å². The van der Waals surface area contributed by atoms with Crippen molar-refractivity contribution in [3.63, 3.8) is 0 Å². The molecule has 2 heteroatoms. The van der Waals surface area contributed by atoms with Crippen molar-refractivity contribution in [1.82, 2.24) is 0 Å². The Bertz CT molecular complexity index is 205. The molecule has 2 atom stereocenters. The molecule has 2 N–H and O–H groups in total. The topological polar surface area (TPSA) is 40.5 Å². The zero-order chi connectivity index (χ0) is 12.3. The Hall–Kier alpha value is -0.600. The summed E-state index contributed by atoms with van der Waals surface area (Å²) >= 11 is 0. The summed E-state index contributed by atoms with van der Waals surface area (Å²) in [6.45, 7) is 15.0. The van der Waals surface area contributed by atoms with E-state index in [-0.39, 0.29) is 10.8 Å². The van der Waals surface area contributed by atoms with Crippen LogP contribution in [0.1, 0.15) is 34.1 Å². The Morgan fingerprint density at radius 1 is 0.933 bits per heavy atom. The van der Waals surface area contributed by atoms with Gasteiger partial charge in [0.1, 0.15) is 0 Å². The van der Waals surface area contributed by atoms with Gasteiger partial charge in [0, 0.05) is 17.3 Å². The quantitative estimate of drug-likeness (QED) is 0.664. The first-order chi connectivity index (χ1) is 6.67. The molecule has 0 amide bonds. The Kier molecular flexibility index (Phi) is 4.75. The third-order valence-corrected chi connectivity index (χ3v) is 3.22. The Balaban J connectivity index is 4.49. The van der Waals surface area contributed by atoms with Crippen LogP contribution < -0.4 is 0 Å². The normalized spacial score (nSPS) is 16.9. The molecule has 0 radical (unpaired) electrons. The lowest BCUT2D eigenvalue weighted by Crippen LogP contribution is -2.36. The highest BCUT2D eigenvalue weighted by atomic mass is 16.3. The van der Waals surface area contributed by atoms with Crippen LogP contribution in [0.4, 0.5) is 0 Å². The molecule has 15 heavy (non-hydrogen) atoms. The minimum atomic E-state index is -0.593. The molecule has 0 aliphatic heterocycles. The van der Waals surface area contributed by atoms with E-state index in [0.717, 1.165) is 0 Å². The molecular formula is C13H24O2. The van der Waals surface area contributed by atoms with E-state index in [0.29, 0.717) is 6.42 Å². The summed E-state index contributed by atoms with van der Waals surface area (Å²) in [5, 5.41) is 19.9. The second kappa shape index (κ2) is 4.95. The van der Waals surface area contributed by atoms with Gasteiger partial charge in [0.25, 0.3) is 0 Å². The summed E-state index contributed by atoms with van der Waals surface area (Å²) in [6, 6.07) is 0. The predicted molar refractivity (Wildman–Crippen MR) is 64.6 cm³/mol. The van der Waals surface area contributed by atoms with E-state index in [9.17, 15) is 10.2 Å². The first-order valence-electron chi connectivity index (χ1n) is 5.30. The van der Waals surface area contributed by atoms with Crippen LogP contribution >= 0.6 is 0 Å². The van der Waals surface area contributed by atoms with Gasteiger partial charge in [-0.3, -0.25) is 0 Å². The molecule has 2 nitrogen and oxygen atoms in total. The summed E-state index contributed by atoms with van der Waals surface area (Å²) in [7, 11) is 0. The second-order valence-corrected chi connectivity index (χ2v) is 5.32. The van der Waals surface area contributed by atoms with Crippen LogP contribution in [0.5, 0.6) is 0 Å². The van der Waals surface area contributed by atoms with Crippen molar-refractivity contribution in [1.29, 1.82) is 0 Å². The number of aliphatic hydroxyl groups excluding tert-OH is 2. The highest BCUT2D eigenvalue weighted by Gasteiger charge is 2.32. The Labute approximate surface area is 93.3 Å². The van der Waals surface area contributed by atoms with E-state index in [1.807, 2.05) is 27.7 Å². The van der Waals surface area contributed by atoms with Gasteiger partial charge >= 0.3 is 0 Å². The summed E-state index contributed by atoms with van der Waals surface area (Å²) in [6.07, 6.45) is 2.57. The molecule has 0 fully saturated rings. The van der Waals surface area contributed by atoms with E-state index in [1.54, 1.807) is 12.2 Å². The fraction of sp³-hybridized carbons (Fsp3) is 0.692. The maximum Gasteiger partial charge on any atom is 0.0650 e. The number of hydrogen-bond donors (Lipinski definition) is 2. The molecule has 0 heterocycles. The van der Waals surface area contributed by atoms with E-state index in [1.165, 1.54) is 0 Å². The SMILES string of the molecule is C=CC(C)(C)[C@@H](O)C[C@H](O)C(C)(C)C=C. The largest absolute Gasteiger partial charge is 0.392 e. The van der Waals surface area contributed by atoms with Crippen LogP contribution in [0.25, 0.3) is 0 Å². The third kappa shape index (κ3) is 3.80. The van der Waals surface area contributed by atoms with Gasteiger partial charge in [0.15, 0.2) is 0 Å². The van der Waals surface area contributed by atoms with Gasteiger partial charge in [-0.05, 0) is 0 Å². The molecule has 0 saturated carbocycles. The average Bonchev–Trinajstić information content (AvgIpc) is 2.17. The third-order valence-electron chi connectivity index (χ3n) is 3.22. The number of aliphatic hydroxyl groups is 2. The summed E-state index contributed by atoms with van der Waals surface area (Å²) < 4.78 is 0. The van der Waals surface area contributed by atoms with Crippen molar-refractivity contribution in [3.8, 4) is 0 Å². The molecule has 0 aromatic heterocycles. The molecule has 0 rings (SSSR count). The molecular weight excluding hydrogens is 188 g/mol. The lowest BCUT2D eigenvalue weighted by atomic mass is 9.78. The van der Waals surface area contributed by atoms with Gasteiger partial charge in [-0.2, -0.15) is 0 Å². The summed E-state index contributed by atoms with van der Waals surface area (Å²) in [4.78, 5) is 0. The summed E-state index contributed by atoms with van der Waals surface area (Å²) in [5.74, 6) is 0. The molecule has 0 unspecified atom stereocenters. The molecule has 0 aliphatic carbocycles. The zero-order valence-corrected chi connectivity index (χ0v) is 10.3. The number of rotatable bonds is 6. The minimum Gasteiger partial charge on any atom is -0.392 e. The minimum absolute atomic E-state index is 0.331. The van der Waals surface area contributed by atoms with Crippen molar-refractivity contribution in [2.45, 2.75) is 46.3 Å². The molecule has 0 bridgehead atoms. The molecule has 0 saturated heterocycles. The van der Waals surface area contributed by atoms with E-state index in [2.05, 4.69) is 13.2 Å². The fourth-order valence-electron chi connectivity index (χ4n) is 1.09. The van der Waals surface area contributed by atoms with Crippen LogP contribution in [0.2, 0.25) is 0 Å². The van der Waals surface area contributed by atoms with Crippen LogP contribution in [0.3, 0.4) is 0 Å². The molecule has 0 aliphatic rings. The standard InChI is InChI=1S/C13H24O2/c1-7-12(3,4)10(14)9-11(15)13(5,6)8-2/h7-8,10-11,14-15H,1-2,9H2,3-6H3/t10-,11-/m0/s1. The van der Waals surface area contributed by atoms with Gasteiger partial charge in [0.2, 0.25) is 0 Å². The Morgan fingerprint density at radius 2 is 1.20 bits per heavy atom. The monoisotopic (exact) mass is 212 g/mol. The highest BCUT2D eigenvalue weighted by molar-refractivity contribution is 4.98. The fourth-order valence-corrected chi connectivity index (χ4v) is 1.09. The van der Waals surface area contributed by atoms with Crippen molar-refractivity contribution in [2.75, 3.05) is 0 Å². The molecule has 0 spiro atoms. The second-order valence-electron chi connectivity index (χ2n) is 5.32. The van der Waals surface area contributed by atoms with Gasteiger partial charge in [-0.15, -0.1) is 13.2 Å². The first kappa shape index (κ1) is 14.4. The van der Waals surface area contributed by atoms with Gasteiger partial charge in [0.05, 0.1) is 12.2 Å². The van der Waals surface area contributed by atoms with Gasteiger partial charge in [-0.1, -0.05) is 39.8 Å². The average molecular weight is 212 g/mol. The van der Waals surface area contributed by atoms with E-state index >= 15 is 0 Å².